The molecular weight excluding hydrogens is 366 g/mol. The van der Waals surface area contributed by atoms with Crippen molar-refractivity contribution in [3.05, 3.63) is 52.5 Å². The van der Waals surface area contributed by atoms with Gasteiger partial charge in [0.1, 0.15) is 11.6 Å². The van der Waals surface area contributed by atoms with Gasteiger partial charge in [-0.2, -0.15) is 5.26 Å². The quantitative estimate of drug-likeness (QED) is 0.793. The second-order valence-corrected chi connectivity index (χ2v) is 8.26. The van der Waals surface area contributed by atoms with E-state index in [0.717, 1.165) is 11.3 Å². The van der Waals surface area contributed by atoms with Gasteiger partial charge in [-0.05, 0) is 24.8 Å². The number of Topliss-reactive ketones (excluding diaryl/α,β-unsaturated/α-hetero) is 1. The Bertz CT molecular complexity index is 908. The third kappa shape index (κ3) is 3.88. The molecule has 6 heteroatoms. The molecule has 1 aromatic rings. The average molecular weight is 396 g/mol. The zero-order valence-corrected chi connectivity index (χ0v) is 17.6. The number of ether oxygens (including phenoxy) is 2. The number of nitrogens with two attached hydrogens (primary N) is 1. The molecule has 154 valence electrons. The molecule has 0 amide bonds. The Balaban J connectivity index is 2.24. The fourth-order valence-electron chi connectivity index (χ4n) is 4.33. The van der Waals surface area contributed by atoms with Crippen molar-refractivity contribution in [2.75, 3.05) is 26.9 Å². The van der Waals surface area contributed by atoms with E-state index in [0.29, 0.717) is 55.3 Å². The van der Waals surface area contributed by atoms with Crippen LogP contribution >= 0.6 is 0 Å². The summed E-state index contributed by atoms with van der Waals surface area (Å²) in [4.78, 5) is 15.3. The first kappa shape index (κ1) is 20.9. The molecule has 3 rings (SSSR count). The molecule has 0 saturated carbocycles. The molecule has 29 heavy (non-hydrogen) atoms. The maximum absolute atomic E-state index is 13.4. The summed E-state index contributed by atoms with van der Waals surface area (Å²) in [6, 6.07) is 9.87. The van der Waals surface area contributed by atoms with Crippen LogP contribution in [0.5, 0.6) is 5.75 Å². The lowest BCUT2D eigenvalue weighted by Gasteiger charge is -2.44. The lowest BCUT2D eigenvalue weighted by atomic mass is 9.68. The highest BCUT2D eigenvalue weighted by molar-refractivity contribution is 6.00. The standard InChI is InChI=1S/C23H29N3O3/c1-5-29-19-9-7-6-8-15(19)20-16(14-24)22(25)26(10-11-28-4)17-12-23(2,3)13-18(27)21(17)20/h6-9,20H,5,10-13,25H2,1-4H3/t20-/m1/s1. The van der Waals surface area contributed by atoms with Crippen LogP contribution in [0.4, 0.5) is 0 Å². The Morgan fingerprint density at radius 3 is 2.69 bits per heavy atom. The van der Waals surface area contributed by atoms with Crippen molar-refractivity contribution in [1.82, 2.24) is 4.90 Å². The summed E-state index contributed by atoms with van der Waals surface area (Å²) in [6.07, 6.45) is 1.15. The summed E-state index contributed by atoms with van der Waals surface area (Å²) in [6.45, 7) is 7.54. The molecule has 2 N–H and O–H groups in total. The van der Waals surface area contributed by atoms with Gasteiger partial charge in [0.2, 0.25) is 0 Å². The predicted octanol–water partition coefficient (Wildman–Crippen LogP) is 3.47. The second kappa shape index (κ2) is 8.30. The van der Waals surface area contributed by atoms with E-state index in [4.69, 9.17) is 15.2 Å². The maximum atomic E-state index is 13.4. The van der Waals surface area contributed by atoms with Crippen molar-refractivity contribution in [2.45, 2.75) is 39.5 Å². The van der Waals surface area contributed by atoms with Crippen molar-refractivity contribution in [3.63, 3.8) is 0 Å². The van der Waals surface area contributed by atoms with Crippen LogP contribution < -0.4 is 10.5 Å². The Morgan fingerprint density at radius 1 is 1.31 bits per heavy atom. The van der Waals surface area contributed by atoms with Crippen LogP contribution in [0.3, 0.4) is 0 Å². The van der Waals surface area contributed by atoms with E-state index < -0.39 is 5.92 Å². The van der Waals surface area contributed by atoms with E-state index in [2.05, 4.69) is 19.9 Å². The van der Waals surface area contributed by atoms with Gasteiger partial charge < -0.3 is 20.1 Å². The average Bonchev–Trinajstić information content (AvgIpc) is 2.66. The number of hydrogen-bond donors (Lipinski definition) is 1. The first-order valence-electron chi connectivity index (χ1n) is 9.98. The van der Waals surface area contributed by atoms with Crippen LogP contribution in [0, 0.1) is 16.7 Å². The summed E-state index contributed by atoms with van der Waals surface area (Å²) < 4.78 is 11.1. The topological polar surface area (TPSA) is 88.6 Å². The van der Waals surface area contributed by atoms with Gasteiger partial charge in [-0.3, -0.25) is 4.79 Å². The van der Waals surface area contributed by atoms with Gasteiger partial charge in [-0.1, -0.05) is 32.0 Å². The van der Waals surface area contributed by atoms with Gasteiger partial charge in [0.15, 0.2) is 5.78 Å². The van der Waals surface area contributed by atoms with Crippen LogP contribution in [0.1, 0.15) is 45.1 Å². The van der Waals surface area contributed by atoms with Gasteiger partial charge >= 0.3 is 0 Å². The molecule has 1 aromatic carbocycles. The molecule has 0 spiro atoms. The monoisotopic (exact) mass is 395 g/mol. The third-order valence-corrected chi connectivity index (χ3v) is 5.54. The highest BCUT2D eigenvalue weighted by Crippen LogP contribution is 2.50. The molecule has 1 aliphatic heterocycles. The molecule has 0 radical (unpaired) electrons. The number of hydrogen-bond acceptors (Lipinski definition) is 6. The van der Waals surface area contributed by atoms with E-state index in [1.165, 1.54) is 0 Å². The number of nitriles is 1. The van der Waals surface area contributed by atoms with Crippen molar-refractivity contribution in [2.24, 2.45) is 11.1 Å². The van der Waals surface area contributed by atoms with Gasteiger partial charge in [-0.15, -0.1) is 0 Å². The largest absolute Gasteiger partial charge is 0.494 e. The number of carbonyl (C=O) groups is 1. The number of nitrogens with zero attached hydrogens (tertiary/aromatic N) is 2. The van der Waals surface area contributed by atoms with Crippen molar-refractivity contribution in [3.8, 4) is 11.8 Å². The van der Waals surface area contributed by atoms with Gasteiger partial charge in [0, 0.05) is 36.9 Å². The van der Waals surface area contributed by atoms with Crippen LogP contribution in [-0.4, -0.2) is 37.6 Å². The van der Waals surface area contributed by atoms with Crippen LogP contribution in [0.15, 0.2) is 46.9 Å². The lowest BCUT2D eigenvalue weighted by Crippen LogP contribution is -2.43. The zero-order valence-electron chi connectivity index (χ0n) is 17.6. The first-order valence-corrected chi connectivity index (χ1v) is 9.98. The van der Waals surface area contributed by atoms with Crippen molar-refractivity contribution in [1.29, 1.82) is 5.26 Å². The molecule has 0 bridgehead atoms. The van der Waals surface area contributed by atoms with E-state index in [1.54, 1.807) is 7.11 Å². The van der Waals surface area contributed by atoms with E-state index >= 15 is 0 Å². The minimum absolute atomic E-state index is 0.0650. The number of benzene rings is 1. The van der Waals surface area contributed by atoms with Crippen LogP contribution in [0.25, 0.3) is 0 Å². The number of methoxy groups -OCH3 is 1. The summed E-state index contributed by atoms with van der Waals surface area (Å²) in [5.41, 5.74) is 9.10. The molecule has 6 nitrogen and oxygen atoms in total. The number of para-hydroxylation sites is 1. The van der Waals surface area contributed by atoms with E-state index in [9.17, 15) is 10.1 Å². The minimum atomic E-state index is -0.514. The maximum Gasteiger partial charge on any atom is 0.162 e. The third-order valence-electron chi connectivity index (χ3n) is 5.54. The van der Waals surface area contributed by atoms with Crippen molar-refractivity contribution < 1.29 is 14.3 Å². The second-order valence-electron chi connectivity index (χ2n) is 8.26. The Hall–Kier alpha value is -2.78. The lowest BCUT2D eigenvalue weighted by molar-refractivity contribution is -0.118. The number of ketones is 1. The summed E-state index contributed by atoms with van der Waals surface area (Å²) >= 11 is 0. The van der Waals surface area contributed by atoms with Crippen LogP contribution in [-0.2, 0) is 9.53 Å². The highest BCUT2D eigenvalue weighted by Gasteiger charge is 2.44. The minimum Gasteiger partial charge on any atom is -0.494 e. The van der Waals surface area contributed by atoms with Gasteiger partial charge in [-0.25, -0.2) is 0 Å². The predicted molar refractivity (Wildman–Crippen MR) is 111 cm³/mol. The molecule has 0 unspecified atom stereocenters. The van der Waals surface area contributed by atoms with Crippen molar-refractivity contribution >= 4 is 5.78 Å². The molecule has 0 aromatic heterocycles. The molecule has 2 aliphatic rings. The van der Waals surface area contributed by atoms with Gasteiger partial charge in [0.05, 0.1) is 30.8 Å². The van der Waals surface area contributed by atoms with E-state index in [-0.39, 0.29) is 11.2 Å². The Labute approximate surface area is 172 Å². The molecule has 1 heterocycles. The molecule has 0 saturated heterocycles. The summed E-state index contributed by atoms with van der Waals surface area (Å²) in [5, 5.41) is 10.0. The fourth-order valence-corrected chi connectivity index (χ4v) is 4.33. The molecule has 0 fully saturated rings. The Kier molecular flexibility index (Phi) is 5.99. The van der Waals surface area contributed by atoms with Gasteiger partial charge in [0.25, 0.3) is 0 Å². The normalized spacial score (nSPS) is 21.1. The van der Waals surface area contributed by atoms with Crippen LogP contribution in [0.2, 0.25) is 0 Å². The molecule has 1 aliphatic carbocycles. The zero-order chi connectivity index (χ0) is 21.2. The fraction of sp³-hybridized carbons (Fsp3) is 0.478. The highest BCUT2D eigenvalue weighted by atomic mass is 16.5. The summed E-state index contributed by atoms with van der Waals surface area (Å²) in [5.74, 6) is 0.621. The first-order chi connectivity index (χ1) is 13.8. The Morgan fingerprint density at radius 2 is 2.03 bits per heavy atom. The molecule has 1 atom stereocenters. The number of rotatable bonds is 6. The molecular formula is C23H29N3O3. The van der Waals surface area contributed by atoms with E-state index in [1.807, 2.05) is 36.1 Å². The SMILES string of the molecule is CCOc1ccccc1[C@@H]1C(C#N)=C(N)N(CCOC)C2=C1C(=O)CC(C)(C)C2. The number of allylic oxidation sites excluding steroid dienone is 3. The smallest absolute Gasteiger partial charge is 0.162 e. The number of carbonyl (C=O) groups excluding carboxylic acids is 1. The summed E-state index contributed by atoms with van der Waals surface area (Å²) in [7, 11) is 1.63.